The molecule has 0 saturated carbocycles. The normalized spacial score (nSPS) is 14.2. The predicted octanol–water partition coefficient (Wildman–Crippen LogP) is 3.59. The zero-order chi connectivity index (χ0) is 15.3. The van der Waals surface area contributed by atoms with Gasteiger partial charge in [-0.3, -0.25) is 9.59 Å². The predicted molar refractivity (Wildman–Crippen MR) is 78.6 cm³/mol. The van der Waals surface area contributed by atoms with E-state index in [1.807, 2.05) is 32.9 Å². The summed E-state index contributed by atoms with van der Waals surface area (Å²) in [5.74, 6) is -0.455. The first kappa shape index (κ1) is 13.5. The topological polar surface area (TPSA) is 60.2 Å². The number of Topliss-reactive ketones (excluding diaryl/α,β-unsaturated/α-hetero) is 1. The summed E-state index contributed by atoms with van der Waals surface area (Å²) >= 11 is 0. The molecule has 0 atom stereocenters. The van der Waals surface area contributed by atoms with Crippen LogP contribution >= 0.6 is 0 Å². The maximum absolute atomic E-state index is 12.4. The Kier molecular flexibility index (Phi) is 2.90. The van der Waals surface area contributed by atoms with Crippen molar-refractivity contribution >= 4 is 11.6 Å². The van der Waals surface area contributed by atoms with Gasteiger partial charge < -0.3 is 4.52 Å². The van der Waals surface area contributed by atoms with Gasteiger partial charge >= 0.3 is 0 Å². The average Bonchev–Trinajstić information content (AvgIpc) is 2.80. The van der Waals surface area contributed by atoms with Crippen LogP contribution in [0, 0.1) is 20.8 Å². The first-order valence-electron chi connectivity index (χ1n) is 6.75. The van der Waals surface area contributed by atoms with Gasteiger partial charge in [0.25, 0.3) is 0 Å². The van der Waals surface area contributed by atoms with Gasteiger partial charge in [0, 0.05) is 11.1 Å². The van der Waals surface area contributed by atoms with Crippen LogP contribution in [0.2, 0.25) is 0 Å². The zero-order valence-corrected chi connectivity index (χ0v) is 12.4. The van der Waals surface area contributed by atoms with E-state index < -0.39 is 0 Å². The number of fused-ring (bicyclic) bond motifs is 1. The molecule has 1 aliphatic carbocycles. The molecule has 0 unspecified atom stereocenters. The fourth-order valence-electron chi connectivity index (χ4n) is 2.92. The number of ketones is 2. The lowest BCUT2D eigenvalue weighted by Gasteiger charge is -2.12. The Morgan fingerprint density at radius 2 is 1.57 bits per heavy atom. The third kappa shape index (κ3) is 1.95. The number of allylic oxidation sites excluding steroid dienone is 2. The summed E-state index contributed by atoms with van der Waals surface area (Å²) in [6.45, 7) is 7.58. The molecule has 21 heavy (non-hydrogen) atoms. The van der Waals surface area contributed by atoms with E-state index in [-0.39, 0.29) is 22.9 Å². The minimum absolute atomic E-state index is 0.0416. The van der Waals surface area contributed by atoms with Gasteiger partial charge in [0.15, 0.2) is 5.78 Å². The highest BCUT2D eigenvalue weighted by molar-refractivity contribution is 6.25. The van der Waals surface area contributed by atoms with Gasteiger partial charge in [0.2, 0.25) is 11.5 Å². The molecule has 4 heteroatoms. The van der Waals surface area contributed by atoms with Gasteiger partial charge in [-0.15, -0.1) is 0 Å². The minimum Gasteiger partial charge on any atom is -0.351 e. The van der Waals surface area contributed by atoms with E-state index in [2.05, 4.69) is 5.16 Å². The number of hydrogen-bond donors (Lipinski definition) is 0. The molecule has 3 rings (SSSR count). The number of rotatable bonds is 1. The Labute approximate surface area is 122 Å². The van der Waals surface area contributed by atoms with Crippen molar-refractivity contribution in [2.45, 2.75) is 27.7 Å². The second kappa shape index (κ2) is 4.52. The van der Waals surface area contributed by atoms with Gasteiger partial charge in [0.1, 0.15) is 11.3 Å². The van der Waals surface area contributed by atoms with E-state index in [1.165, 1.54) is 6.08 Å². The molecule has 0 aliphatic heterocycles. The van der Waals surface area contributed by atoms with E-state index in [0.29, 0.717) is 11.3 Å². The van der Waals surface area contributed by atoms with Crippen molar-refractivity contribution in [3.05, 3.63) is 51.8 Å². The molecule has 0 N–H and O–H groups in total. The van der Waals surface area contributed by atoms with Gasteiger partial charge in [-0.05, 0) is 44.9 Å². The maximum atomic E-state index is 12.4. The number of hydrogen-bond acceptors (Lipinski definition) is 4. The summed E-state index contributed by atoms with van der Waals surface area (Å²) in [5, 5.41) is 4.00. The van der Waals surface area contributed by atoms with E-state index in [0.717, 1.165) is 22.3 Å². The smallest absolute Gasteiger partial charge is 0.225 e. The molecule has 1 aromatic heterocycles. The summed E-state index contributed by atoms with van der Waals surface area (Å²) < 4.78 is 5.15. The van der Waals surface area contributed by atoms with Gasteiger partial charge in [-0.25, -0.2) is 0 Å². The molecular formula is C17H15NO3. The van der Waals surface area contributed by atoms with Crippen LogP contribution in [0.3, 0.4) is 0 Å². The lowest BCUT2D eigenvalue weighted by molar-refractivity contribution is 0.0962. The molecule has 1 aliphatic rings. The first-order chi connectivity index (χ1) is 9.90. The summed E-state index contributed by atoms with van der Waals surface area (Å²) in [4.78, 5) is 24.3. The molecule has 1 heterocycles. The van der Waals surface area contributed by atoms with Crippen molar-refractivity contribution < 1.29 is 14.1 Å². The summed E-state index contributed by atoms with van der Waals surface area (Å²) in [5.41, 5.74) is 5.19. The van der Waals surface area contributed by atoms with E-state index in [1.54, 1.807) is 6.92 Å². The third-order valence-corrected chi connectivity index (χ3v) is 3.76. The highest BCUT2D eigenvalue weighted by atomic mass is 16.5. The largest absolute Gasteiger partial charge is 0.351 e. The Bertz CT molecular complexity index is 802. The summed E-state index contributed by atoms with van der Waals surface area (Å²) in [7, 11) is 0. The number of aryl methyl sites for hydroxylation is 3. The van der Waals surface area contributed by atoms with E-state index in [9.17, 15) is 9.59 Å². The van der Waals surface area contributed by atoms with Crippen molar-refractivity contribution in [2.75, 3.05) is 0 Å². The van der Waals surface area contributed by atoms with Crippen molar-refractivity contribution in [3.63, 3.8) is 0 Å². The number of benzene rings is 1. The van der Waals surface area contributed by atoms with Crippen LogP contribution in [0.15, 0.2) is 28.3 Å². The summed E-state index contributed by atoms with van der Waals surface area (Å²) in [6, 6.07) is 4.06. The fraction of sp³-hybridized carbons (Fsp3) is 0.235. The monoisotopic (exact) mass is 281 g/mol. The number of aromatic nitrogens is 1. The van der Waals surface area contributed by atoms with Crippen LogP contribution in [0.4, 0.5) is 0 Å². The molecule has 0 fully saturated rings. The van der Waals surface area contributed by atoms with Crippen molar-refractivity contribution in [2.24, 2.45) is 0 Å². The molecule has 106 valence electrons. The Balaban J connectivity index is 2.30. The number of carbonyl (C=O) groups is 2. The second-order valence-electron chi connectivity index (χ2n) is 5.53. The highest BCUT2D eigenvalue weighted by Crippen LogP contribution is 2.35. The van der Waals surface area contributed by atoms with Gasteiger partial charge in [-0.1, -0.05) is 22.9 Å². The van der Waals surface area contributed by atoms with Crippen LogP contribution in [0.5, 0.6) is 0 Å². The van der Waals surface area contributed by atoms with Crippen LogP contribution in [-0.4, -0.2) is 16.7 Å². The van der Waals surface area contributed by atoms with Crippen LogP contribution < -0.4 is 0 Å². The Hall–Kier alpha value is -2.49. The molecule has 0 radical (unpaired) electrons. The standard InChI is InChI=1S/C17H15NO3/c1-8-5-9(2)13(10(3)6-8)15-14-16(20)11(4)7-12(19)17(14)21-18-15/h5-7H,1-4H3. The van der Waals surface area contributed by atoms with Crippen LogP contribution in [0.1, 0.15) is 44.5 Å². The number of nitrogens with zero attached hydrogens (tertiary/aromatic N) is 1. The van der Waals surface area contributed by atoms with E-state index in [4.69, 9.17) is 4.52 Å². The lowest BCUT2D eigenvalue weighted by atomic mass is 9.89. The third-order valence-electron chi connectivity index (χ3n) is 3.76. The van der Waals surface area contributed by atoms with Gasteiger partial charge in [0.05, 0.1) is 0 Å². The Morgan fingerprint density at radius 3 is 2.19 bits per heavy atom. The lowest BCUT2D eigenvalue weighted by Crippen LogP contribution is -2.14. The molecule has 0 spiro atoms. The molecule has 2 aromatic rings. The molecule has 4 nitrogen and oxygen atoms in total. The molecular weight excluding hydrogens is 266 g/mol. The molecule has 0 bridgehead atoms. The fourth-order valence-corrected chi connectivity index (χ4v) is 2.92. The van der Waals surface area contributed by atoms with E-state index >= 15 is 0 Å². The highest BCUT2D eigenvalue weighted by Gasteiger charge is 2.33. The Morgan fingerprint density at radius 1 is 0.952 bits per heavy atom. The second-order valence-corrected chi connectivity index (χ2v) is 5.53. The minimum atomic E-state index is -0.303. The SMILES string of the molecule is CC1=CC(=O)c2onc(-c3c(C)cc(C)cc3C)c2C1=O. The van der Waals surface area contributed by atoms with Crippen molar-refractivity contribution in [1.29, 1.82) is 0 Å². The van der Waals surface area contributed by atoms with Gasteiger partial charge in [-0.2, -0.15) is 0 Å². The molecule has 1 aromatic carbocycles. The zero-order valence-electron chi connectivity index (χ0n) is 12.4. The molecule has 0 saturated heterocycles. The summed E-state index contributed by atoms with van der Waals surface area (Å²) in [6.07, 6.45) is 1.30. The number of carbonyl (C=O) groups excluding carboxylic acids is 2. The maximum Gasteiger partial charge on any atom is 0.225 e. The van der Waals surface area contributed by atoms with Crippen LogP contribution in [0.25, 0.3) is 11.3 Å². The molecule has 0 amide bonds. The quantitative estimate of drug-likeness (QED) is 0.801. The average molecular weight is 281 g/mol. The first-order valence-corrected chi connectivity index (χ1v) is 6.75. The van der Waals surface area contributed by atoms with Crippen molar-refractivity contribution in [3.8, 4) is 11.3 Å². The van der Waals surface area contributed by atoms with Crippen molar-refractivity contribution in [1.82, 2.24) is 5.16 Å². The van der Waals surface area contributed by atoms with Crippen LogP contribution in [-0.2, 0) is 0 Å².